The molecule has 0 saturated carbocycles. The van der Waals surface area contributed by atoms with Gasteiger partial charge >= 0.3 is 0 Å². The number of methoxy groups -OCH3 is 1. The number of anilines is 1. The lowest BCUT2D eigenvalue weighted by Crippen LogP contribution is -2.03. The van der Waals surface area contributed by atoms with Crippen LogP contribution in [0.15, 0.2) is 60.7 Å². The van der Waals surface area contributed by atoms with E-state index in [2.05, 4.69) is 5.32 Å². The Morgan fingerprint density at radius 1 is 1.04 bits per heavy atom. The lowest BCUT2D eigenvalue weighted by atomic mass is 10.1. The summed E-state index contributed by atoms with van der Waals surface area (Å²) in [5.41, 5.74) is 4.01. The van der Waals surface area contributed by atoms with Gasteiger partial charge in [0, 0.05) is 12.2 Å². The van der Waals surface area contributed by atoms with Crippen LogP contribution >= 0.6 is 11.6 Å². The molecule has 3 rings (SSSR count). The van der Waals surface area contributed by atoms with Gasteiger partial charge in [-0.2, -0.15) is 0 Å². The number of hydrogen-bond donors (Lipinski definition) is 1. The largest absolute Gasteiger partial charge is 0.493 e. The van der Waals surface area contributed by atoms with Gasteiger partial charge in [0.05, 0.1) is 12.1 Å². The van der Waals surface area contributed by atoms with E-state index < -0.39 is 0 Å². The number of ether oxygens (including phenoxy) is 2. The highest BCUT2D eigenvalue weighted by Gasteiger charge is 2.13. The summed E-state index contributed by atoms with van der Waals surface area (Å²) < 4.78 is 24.4. The zero-order valence-corrected chi connectivity index (χ0v) is 16.0. The highest BCUT2D eigenvalue weighted by molar-refractivity contribution is 6.32. The van der Waals surface area contributed by atoms with Gasteiger partial charge in [-0.1, -0.05) is 35.9 Å². The number of nitrogens with one attached hydrogen (secondary N) is 1. The molecule has 0 aliphatic rings. The summed E-state index contributed by atoms with van der Waals surface area (Å²) in [5, 5.41) is 3.71. The van der Waals surface area contributed by atoms with Crippen LogP contribution in [0.25, 0.3) is 0 Å². The van der Waals surface area contributed by atoms with Crippen LogP contribution in [-0.4, -0.2) is 7.11 Å². The molecule has 3 nitrogen and oxygen atoms in total. The van der Waals surface area contributed by atoms with Gasteiger partial charge in [0.2, 0.25) is 0 Å². The molecule has 5 heteroatoms. The summed E-state index contributed by atoms with van der Waals surface area (Å²) >= 11 is 6.44. The van der Waals surface area contributed by atoms with Crippen molar-refractivity contribution in [1.29, 1.82) is 0 Å². The molecule has 0 heterocycles. The van der Waals surface area contributed by atoms with Gasteiger partial charge in [-0.3, -0.25) is 0 Å². The van der Waals surface area contributed by atoms with E-state index in [-0.39, 0.29) is 5.82 Å². The summed E-state index contributed by atoms with van der Waals surface area (Å²) in [6.45, 7) is 2.98. The molecule has 27 heavy (non-hydrogen) atoms. The fourth-order valence-electron chi connectivity index (χ4n) is 2.71. The maximum Gasteiger partial charge on any atom is 0.180 e. The molecule has 0 bridgehead atoms. The third kappa shape index (κ3) is 4.92. The fraction of sp³-hybridized carbons (Fsp3) is 0.182. The van der Waals surface area contributed by atoms with Crippen molar-refractivity contribution >= 4 is 17.3 Å². The minimum absolute atomic E-state index is 0.264. The van der Waals surface area contributed by atoms with E-state index in [1.54, 1.807) is 19.2 Å². The summed E-state index contributed by atoms with van der Waals surface area (Å²) in [5.74, 6) is 0.834. The zero-order chi connectivity index (χ0) is 19.2. The van der Waals surface area contributed by atoms with Crippen LogP contribution in [0.2, 0.25) is 5.02 Å². The Bertz CT molecular complexity index is 913. The van der Waals surface area contributed by atoms with Gasteiger partial charge in [0.15, 0.2) is 11.5 Å². The first-order chi connectivity index (χ1) is 13.1. The lowest BCUT2D eigenvalue weighted by Gasteiger charge is -2.15. The molecule has 0 aromatic heterocycles. The lowest BCUT2D eigenvalue weighted by molar-refractivity contribution is 0.284. The quantitative estimate of drug-likeness (QED) is 0.542. The molecule has 3 aromatic rings. The molecule has 1 N–H and O–H groups in total. The number of hydrogen-bond acceptors (Lipinski definition) is 3. The van der Waals surface area contributed by atoms with E-state index >= 15 is 0 Å². The van der Waals surface area contributed by atoms with Gasteiger partial charge in [0.25, 0.3) is 0 Å². The molecular weight excluding hydrogens is 365 g/mol. The van der Waals surface area contributed by atoms with Crippen LogP contribution in [-0.2, 0) is 13.2 Å². The maximum absolute atomic E-state index is 13.0. The predicted octanol–water partition coefficient (Wildman–Crippen LogP) is 5.99. The van der Waals surface area contributed by atoms with Gasteiger partial charge in [-0.25, -0.2) is 4.39 Å². The van der Waals surface area contributed by atoms with Crippen LogP contribution in [0, 0.1) is 12.7 Å². The molecule has 0 fully saturated rings. The third-order valence-corrected chi connectivity index (χ3v) is 4.54. The van der Waals surface area contributed by atoms with Crippen molar-refractivity contribution in [1.82, 2.24) is 0 Å². The van der Waals surface area contributed by atoms with Gasteiger partial charge in [-0.05, 0) is 60.0 Å². The molecular formula is C22H21ClFNO2. The van der Waals surface area contributed by atoms with Gasteiger partial charge in [0.1, 0.15) is 12.4 Å². The summed E-state index contributed by atoms with van der Waals surface area (Å²) in [4.78, 5) is 0. The minimum atomic E-state index is -0.264. The first-order valence-corrected chi connectivity index (χ1v) is 8.98. The minimum Gasteiger partial charge on any atom is -0.493 e. The van der Waals surface area contributed by atoms with Crippen LogP contribution in [0.5, 0.6) is 11.5 Å². The molecule has 0 spiro atoms. The normalized spacial score (nSPS) is 10.5. The van der Waals surface area contributed by atoms with Crippen molar-refractivity contribution in [2.45, 2.75) is 20.1 Å². The molecule has 0 atom stereocenters. The van der Waals surface area contributed by atoms with Crippen LogP contribution in [0.3, 0.4) is 0 Å². The zero-order valence-electron chi connectivity index (χ0n) is 15.3. The summed E-state index contributed by atoms with van der Waals surface area (Å²) in [6.07, 6.45) is 0. The standard InChI is InChI=1S/C22H21ClFNO2/c1-15-5-3-4-6-17(15)14-27-22-20(23)11-16(12-21(22)26-2)13-25-19-9-7-18(24)8-10-19/h3-12,25H,13-14H2,1-2H3. The second kappa shape index (κ2) is 8.78. The Morgan fingerprint density at radius 2 is 1.78 bits per heavy atom. The molecule has 3 aromatic carbocycles. The summed E-state index contributed by atoms with van der Waals surface area (Å²) in [6, 6.07) is 18.0. The average Bonchev–Trinajstić information content (AvgIpc) is 2.67. The number of aryl methyl sites for hydroxylation is 1. The Balaban J connectivity index is 1.72. The monoisotopic (exact) mass is 385 g/mol. The Labute approximate surface area is 163 Å². The molecule has 0 aliphatic heterocycles. The Kier molecular flexibility index (Phi) is 6.20. The van der Waals surface area contributed by atoms with E-state index in [1.165, 1.54) is 12.1 Å². The van der Waals surface area contributed by atoms with E-state index in [4.69, 9.17) is 21.1 Å². The third-order valence-electron chi connectivity index (χ3n) is 4.26. The molecule has 0 saturated heterocycles. The SMILES string of the molecule is COc1cc(CNc2ccc(F)cc2)cc(Cl)c1OCc1ccccc1C. The van der Waals surface area contributed by atoms with Gasteiger partial charge in [-0.15, -0.1) is 0 Å². The molecule has 0 amide bonds. The fourth-order valence-corrected chi connectivity index (χ4v) is 3.00. The number of benzene rings is 3. The van der Waals surface area contributed by atoms with E-state index in [9.17, 15) is 4.39 Å². The van der Waals surface area contributed by atoms with Crippen LogP contribution in [0.1, 0.15) is 16.7 Å². The Hall–Kier alpha value is -2.72. The number of rotatable bonds is 7. The predicted molar refractivity (Wildman–Crippen MR) is 107 cm³/mol. The van der Waals surface area contributed by atoms with Crippen LogP contribution in [0.4, 0.5) is 10.1 Å². The highest BCUT2D eigenvalue weighted by Crippen LogP contribution is 2.37. The van der Waals surface area contributed by atoms with E-state index in [1.807, 2.05) is 43.3 Å². The van der Waals surface area contributed by atoms with Crippen molar-refractivity contribution in [2.24, 2.45) is 0 Å². The first-order valence-electron chi connectivity index (χ1n) is 8.60. The van der Waals surface area contributed by atoms with Crippen molar-refractivity contribution in [3.8, 4) is 11.5 Å². The highest BCUT2D eigenvalue weighted by atomic mass is 35.5. The molecule has 0 aliphatic carbocycles. The molecule has 140 valence electrons. The molecule has 0 radical (unpaired) electrons. The maximum atomic E-state index is 13.0. The second-order valence-corrected chi connectivity index (χ2v) is 6.59. The smallest absolute Gasteiger partial charge is 0.180 e. The first kappa shape index (κ1) is 19.1. The van der Waals surface area contributed by atoms with Crippen LogP contribution < -0.4 is 14.8 Å². The van der Waals surface area contributed by atoms with Gasteiger partial charge < -0.3 is 14.8 Å². The second-order valence-electron chi connectivity index (χ2n) is 6.18. The van der Waals surface area contributed by atoms with E-state index in [0.717, 1.165) is 22.4 Å². The topological polar surface area (TPSA) is 30.5 Å². The Morgan fingerprint density at radius 3 is 2.48 bits per heavy atom. The van der Waals surface area contributed by atoms with Crippen molar-refractivity contribution in [3.63, 3.8) is 0 Å². The van der Waals surface area contributed by atoms with Crippen molar-refractivity contribution < 1.29 is 13.9 Å². The average molecular weight is 386 g/mol. The molecule has 0 unspecified atom stereocenters. The van der Waals surface area contributed by atoms with Crippen molar-refractivity contribution in [2.75, 3.05) is 12.4 Å². The number of halogens is 2. The van der Waals surface area contributed by atoms with Crippen molar-refractivity contribution in [3.05, 3.63) is 88.2 Å². The summed E-state index contributed by atoms with van der Waals surface area (Å²) in [7, 11) is 1.59. The van der Waals surface area contributed by atoms with E-state index in [0.29, 0.717) is 29.7 Å².